The molecule has 3 aromatic rings. The first-order valence-corrected chi connectivity index (χ1v) is 6.34. The Kier molecular flexibility index (Phi) is 2.74. The van der Waals surface area contributed by atoms with E-state index in [9.17, 15) is 0 Å². The Balaban J connectivity index is 1.94. The highest BCUT2D eigenvalue weighted by molar-refractivity contribution is 5.81. The van der Waals surface area contributed by atoms with Crippen molar-refractivity contribution >= 4 is 17.0 Å². The molecule has 0 bridgehead atoms. The van der Waals surface area contributed by atoms with Gasteiger partial charge in [-0.15, -0.1) is 0 Å². The largest absolute Gasteiger partial charge is 0.369 e. The lowest BCUT2D eigenvalue weighted by Gasteiger charge is -2.07. The maximum atomic E-state index is 6.02. The molecule has 0 amide bonds. The number of benzene rings is 1. The molecular formula is C14H17N5. The zero-order chi connectivity index (χ0) is 13.4. The summed E-state index contributed by atoms with van der Waals surface area (Å²) in [6, 6.07) is 6.10. The van der Waals surface area contributed by atoms with Gasteiger partial charge in [-0.3, -0.25) is 4.68 Å². The number of aromatic nitrogens is 4. The Labute approximate surface area is 111 Å². The van der Waals surface area contributed by atoms with Gasteiger partial charge < -0.3 is 10.3 Å². The Morgan fingerprint density at radius 1 is 1.32 bits per heavy atom. The van der Waals surface area contributed by atoms with Crippen LogP contribution in [0.4, 0.5) is 5.95 Å². The molecule has 0 aliphatic rings. The number of nitrogen functional groups attached to an aromatic ring is 1. The summed E-state index contributed by atoms with van der Waals surface area (Å²) in [4.78, 5) is 4.41. The van der Waals surface area contributed by atoms with E-state index in [1.54, 1.807) is 0 Å². The maximum Gasteiger partial charge on any atom is 0.201 e. The molecular weight excluding hydrogens is 238 g/mol. The number of hydrogen-bond donors (Lipinski definition) is 1. The van der Waals surface area contributed by atoms with Gasteiger partial charge in [0.25, 0.3) is 0 Å². The van der Waals surface area contributed by atoms with Crippen LogP contribution in [0.5, 0.6) is 0 Å². The average Bonchev–Trinajstić information content (AvgIpc) is 2.91. The number of rotatable bonds is 3. The minimum absolute atomic E-state index is 0.577. The molecule has 0 saturated heterocycles. The predicted octanol–water partition coefficient (Wildman–Crippen LogP) is 1.90. The lowest BCUT2D eigenvalue weighted by atomic mass is 10.2. The van der Waals surface area contributed by atoms with Crippen molar-refractivity contribution in [3.8, 4) is 0 Å². The molecule has 0 aliphatic carbocycles. The van der Waals surface area contributed by atoms with Crippen LogP contribution in [0.3, 0.4) is 0 Å². The molecule has 2 N–H and O–H groups in total. The first-order valence-electron chi connectivity index (χ1n) is 6.34. The van der Waals surface area contributed by atoms with E-state index in [1.165, 1.54) is 11.1 Å². The highest BCUT2D eigenvalue weighted by Crippen LogP contribution is 2.21. The Bertz CT molecular complexity index is 723. The summed E-state index contributed by atoms with van der Waals surface area (Å²) in [7, 11) is 1.93. The fourth-order valence-corrected chi connectivity index (χ4v) is 2.45. The molecule has 0 atom stereocenters. The van der Waals surface area contributed by atoms with Gasteiger partial charge in [0, 0.05) is 19.8 Å². The second kappa shape index (κ2) is 4.42. The fourth-order valence-electron chi connectivity index (χ4n) is 2.45. The van der Waals surface area contributed by atoms with E-state index >= 15 is 0 Å². The van der Waals surface area contributed by atoms with E-state index in [1.807, 2.05) is 36.3 Å². The molecule has 98 valence electrons. The number of anilines is 1. The van der Waals surface area contributed by atoms with Gasteiger partial charge >= 0.3 is 0 Å². The quantitative estimate of drug-likeness (QED) is 0.777. The number of para-hydroxylation sites is 1. The number of nitrogens with two attached hydrogens (primary N) is 1. The Morgan fingerprint density at radius 3 is 2.89 bits per heavy atom. The van der Waals surface area contributed by atoms with Crippen LogP contribution in [0.15, 0.2) is 30.6 Å². The standard InChI is InChI=1S/C14H17N5/c1-10-4-3-5-12-13(10)19(14(15)17-12)7-6-11-8-16-18(2)9-11/h3-5,8-9H,6-7H2,1-2H3,(H2,15,17). The molecule has 0 fully saturated rings. The van der Waals surface area contributed by atoms with Crippen molar-refractivity contribution < 1.29 is 0 Å². The highest BCUT2D eigenvalue weighted by atomic mass is 15.2. The summed E-state index contributed by atoms with van der Waals surface area (Å²) >= 11 is 0. The van der Waals surface area contributed by atoms with Crippen LogP contribution in [-0.2, 0) is 20.0 Å². The van der Waals surface area contributed by atoms with Gasteiger partial charge in [-0.2, -0.15) is 5.10 Å². The van der Waals surface area contributed by atoms with Crippen LogP contribution < -0.4 is 5.73 Å². The monoisotopic (exact) mass is 255 g/mol. The van der Waals surface area contributed by atoms with Crippen molar-refractivity contribution in [2.75, 3.05) is 5.73 Å². The molecule has 0 radical (unpaired) electrons. The zero-order valence-corrected chi connectivity index (χ0v) is 11.2. The summed E-state index contributed by atoms with van der Waals surface area (Å²) in [5, 5.41) is 4.18. The van der Waals surface area contributed by atoms with Crippen molar-refractivity contribution in [2.45, 2.75) is 19.9 Å². The first-order chi connectivity index (χ1) is 9.15. The van der Waals surface area contributed by atoms with E-state index in [2.05, 4.69) is 27.6 Å². The summed E-state index contributed by atoms with van der Waals surface area (Å²) in [6.07, 6.45) is 4.82. The second-order valence-corrected chi connectivity index (χ2v) is 4.84. The second-order valence-electron chi connectivity index (χ2n) is 4.84. The van der Waals surface area contributed by atoms with E-state index < -0.39 is 0 Å². The van der Waals surface area contributed by atoms with Crippen LogP contribution >= 0.6 is 0 Å². The van der Waals surface area contributed by atoms with Crippen LogP contribution in [-0.4, -0.2) is 19.3 Å². The molecule has 1 aromatic carbocycles. The topological polar surface area (TPSA) is 61.7 Å². The van der Waals surface area contributed by atoms with Crippen molar-refractivity contribution in [1.29, 1.82) is 0 Å². The van der Waals surface area contributed by atoms with Gasteiger partial charge in [0.15, 0.2) is 0 Å². The van der Waals surface area contributed by atoms with E-state index in [4.69, 9.17) is 5.73 Å². The highest BCUT2D eigenvalue weighted by Gasteiger charge is 2.10. The first kappa shape index (κ1) is 11.8. The van der Waals surface area contributed by atoms with Gasteiger partial charge in [0.2, 0.25) is 5.95 Å². The van der Waals surface area contributed by atoms with Crippen LogP contribution in [0, 0.1) is 6.92 Å². The predicted molar refractivity (Wildman–Crippen MR) is 75.8 cm³/mol. The molecule has 0 unspecified atom stereocenters. The lowest BCUT2D eigenvalue weighted by molar-refractivity contribution is 0.722. The summed E-state index contributed by atoms with van der Waals surface area (Å²) in [6.45, 7) is 2.91. The number of aryl methyl sites for hydroxylation is 4. The van der Waals surface area contributed by atoms with Crippen molar-refractivity contribution in [3.05, 3.63) is 41.7 Å². The van der Waals surface area contributed by atoms with Crippen LogP contribution in [0.25, 0.3) is 11.0 Å². The van der Waals surface area contributed by atoms with Crippen molar-refractivity contribution in [3.63, 3.8) is 0 Å². The van der Waals surface area contributed by atoms with Gasteiger partial charge in [-0.25, -0.2) is 4.98 Å². The third kappa shape index (κ3) is 2.07. The molecule has 0 aliphatic heterocycles. The Morgan fingerprint density at radius 2 is 2.16 bits per heavy atom. The molecule has 0 spiro atoms. The van der Waals surface area contributed by atoms with Crippen molar-refractivity contribution in [2.24, 2.45) is 7.05 Å². The third-order valence-electron chi connectivity index (χ3n) is 3.38. The van der Waals surface area contributed by atoms with Gasteiger partial charge in [-0.1, -0.05) is 12.1 Å². The molecule has 19 heavy (non-hydrogen) atoms. The average molecular weight is 255 g/mol. The maximum absolute atomic E-state index is 6.02. The zero-order valence-electron chi connectivity index (χ0n) is 11.2. The normalized spacial score (nSPS) is 11.3. The molecule has 3 rings (SSSR count). The minimum atomic E-state index is 0.577. The number of nitrogens with zero attached hydrogens (tertiary/aromatic N) is 4. The van der Waals surface area contributed by atoms with Gasteiger partial charge in [0.1, 0.15) is 0 Å². The van der Waals surface area contributed by atoms with Crippen LogP contribution in [0.2, 0.25) is 0 Å². The smallest absolute Gasteiger partial charge is 0.201 e. The number of fused-ring (bicyclic) bond motifs is 1. The van der Waals surface area contributed by atoms with E-state index in [0.29, 0.717) is 5.95 Å². The lowest BCUT2D eigenvalue weighted by Crippen LogP contribution is -2.06. The minimum Gasteiger partial charge on any atom is -0.369 e. The molecule has 5 heteroatoms. The summed E-state index contributed by atoms with van der Waals surface area (Å²) in [5.41, 5.74) is 10.5. The van der Waals surface area contributed by atoms with Crippen LogP contribution in [0.1, 0.15) is 11.1 Å². The molecule has 5 nitrogen and oxygen atoms in total. The number of imidazole rings is 1. The van der Waals surface area contributed by atoms with Crippen molar-refractivity contribution in [1.82, 2.24) is 19.3 Å². The molecule has 2 aromatic heterocycles. The SMILES string of the molecule is Cc1cccc2nc(N)n(CCc3cnn(C)c3)c12. The summed E-state index contributed by atoms with van der Waals surface area (Å²) < 4.78 is 3.90. The van der Waals surface area contributed by atoms with Gasteiger partial charge in [-0.05, 0) is 30.5 Å². The third-order valence-corrected chi connectivity index (χ3v) is 3.38. The van der Waals surface area contributed by atoms with E-state index in [0.717, 1.165) is 24.0 Å². The molecule has 2 heterocycles. The number of hydrogen-bond acceptors (Lipinski definition) is 3. The Hall–Kier alpha value is -2.30. The van der Waals surface area contributed by atoms with E-state index in [-0.39, 0.29) is 0 Å². The molecule has 0 saturated carbocycles. The van der Waals surface area contributed by atoms with Gasteiger partial charge in [0.05, 0.1) is 17.2 Å². The summed E-state index contributed by atoms with van der Waals surface area (Å²) in [5.74, 6) is 0.577. The fraction of sp³-hybridized carbons (Fsp3) is 0.286.